The van der Waals surface area contributed by atoms with E-state index >= 15 is 0 Å². The predicted molar refractivity (Wildman–Crippen MR) is 85.6 cm³/mol. The minimum atomic E-state index is 0.592. The van der Waals surface area contributed by atoms with Crippen molar-refractivity contribution in [2.24, 2.45) is 0 Å². The molecule has 0 aliphatic rings. The molecule has 20 heavy (non-hydrogen) atoms. The van der Waals surface area contributed by atoms with Gasteiger partial charge in [0.05, 0.1) is 11.3 Å². The van der Waals surface area contributed by atoms with E-state index in [0.29, 0.717) is 11.4 Å². The van der Waals surface area contributed by atoms with Crippen molar-refractivity contribution < 1.29 is 0 Å². The second-order valence-corrected chi connectivity index (χ2v) is 5.51. The molecule has 0 aliphatic heterocycles. The van der Waals surface area contributed by atoms with E-state index in [-0.39, 0.29) is 0 Å². The lowest BCUT2D eigenvalue weighted by Gasteiger charge is -2.11. The Morgan fingerprint density at radius 3 is 2.80 bits per heavy atom. The average Bonchev–Trinajstić information content (AvgIpc) is 2.45. The van der Waals surface area contributed by atoms with Crippen LogP contribution in [0.1, 0.15) is 24.5 Å². The first kappa shape index (κ1) is 14.5. The Bertz CT molecular complexity index is 659. The molecule has 0 fully saturated rings. The Morgan fingerprint density at radius 1 is 1.35 bits per heavy atom. The zero-order valence-corrected chi connectivity index (χ0v) is 13.2. The van der Waals surface area contributed by atoms with Gasteiger partial charge in [-0.25, -0.2) is 4.98 Å². The van der Waals surface area contributed by atoms with Crippen LogP contribution in [-0.2, 0) is 0 Å². The van der Waals surface area contributed by atoms with E-state index < -0.39 is 0 Å². The molecule has 102 valence electrons. The van der Waals surface area contributed by atoms with Crippen molar-refractivity contribution in [2.45, 2.75) is 20.3 Å². The lowest BCUT2D eigenvalue weighted by molar-refractivity contribution is 0.967. The highest BCUT2D eigenvalue weighted by atomic mass is 79.9. The molecule has 0 saturated heterocycles. The Balaban J connectivity index is 2.51. The van der Waals surface area contributed by atoms with Gasteiger partial charge in [-0.1, -0.05) is 35.0 Å². The molecule has 1 N–H and O–H groups in total. The highest BCUT2D eigenvalue weighted by Gasteiger charge is 2.10. The van der Waals surface area contributed by atoms with E-state index in [4.69, 9.17) is 0 Å². The van der Waals surface area contributed by atoms with Gasteiger partial charge in [-0.3, -0.25) is 0 Å². The molecule has 0 spiro atoms. The molecule has 1 heterocycles. The van der Waals surface area contributed by atoms with Crippen LogP contribution in [-0.4, -0.2) is 11.5 Å². The van der Waals surface area contributed by atoms with Crippen molar-refractivity contribution in [3.05, 3.63) is 45.9 Å². The van der Waals surface area contributed by atoms with Crippen LogP contribution in [0.5, 0.6) is 0 Å². The maximum atomic E-state index is 9.21. The summed E-state index contributed by atoms with van der Waals surface area (Å²) in [6, 6.07) is 12.1. The normalized spacial score (nSPS) is 10.1. The molecule has 2 rings (SSSR count). The third kappa shape index (κ3) is 3.17. The summed E-state index contributed by atoms with van der Waals surface area (Å²) in [5, 5.41) is 12.4. The summed E-state index contributed by atoms with van der Waals surface area (Å²) in [6.45, 7) is 4.87. The summed E-state index contributed by atoms with van der Waals surface area (Å²) in [6.07, 6.45) is 0.993. The van der Waals surface area contributed by atoms with Gasteiger partial charge in [0, 0.05) is 16.6 Å². The maximum absolute atomic E-state index is 9.21. The largest absolute Gasteiger partial charge is 0.369 e. The molecule has 3 nitrogen and oxygen atoms in total. The Morgan fingerprint density at radius 2 is 2.15 bits per heavy atom. The number of aryl methyl sites for hydroxylation is 1. The highest BCUT2D eigenvalue weighted by molar-refractivity contribution is 9.10. The van der Waals surface area contributed by atoms with Crippen LogP contribution in [0.3, 0.4) is 0 Å². The van der Waals surface area contributed by atoms with E-state index in [0.717, 1.165) is 34.3 Å². The lowest BCUT2D eigenvalue weighted by Crippen LogP contribution is -2.06. The number of halogens is 1. The average molecular weight is 330 g/mol. The fourth-order valence-electron chi connectivity index (χ4n) is 2.00. The van der Waals surface area contributed by atoms with Crippen molar-refractivity contribution in [1.29, 1.82) is 5.26 Å². The van der Waals surface area contributed by atoms with E-state index in [1.807, 2.05) is 37.3 Å². The molecule has 0 saturated carbocycles. The summed E-state index contributed by atoms with van der Waals surface area (Å²) >= 11 is 3.48. The first-order valence-electron chi connectivity index (χ1n) is 6.57. The van der Waals surface area contributed by atoms with Crippen LogP contribution in [0.25, 0.3) is 11.3 Å². The summed E-state index contributed by atoms with van der Waals surface area (Å²) in [5.41, 5.74) is 3.54. The monoisotopic (exact) mass is 329 g/mol. The fourth-order valence-corrected chi connectivity index (χ4v) is 2.40. The number of aromatic nitrogens is 1. The molecule has 0 bridgehead atoms. The fraction of sp³-hybridized carbons (Fsp3) is 0.250. The predicted octanol–water partition coefficient (Wildman–Crippen LogP) is 4.51. The number of nitrogens with one attached hydrogen (secondary N) is 1. The van der Waals surface area contributed by atoms with Crippen molar-refractivity contribution in [1.82, 2.24) is 4.98 Å². The van der Waals surface area contributed by atoms with E-state index in [2.05, 4.69) is 39.2 Å². The third-order valence-electron chi connectivity index (χ3n) is 2.97. The number of hydrogen-bond donors (Lipinski definition) is 1. The van der Waals surface area contributed by atoms with E-state index in [1.54, 1.807) is 0 Å². The summed E-state index contributed by atoms with van der Waals surface area (Å²) in [7, 11) is 0. The summed E-state index contributed by atoms with van der Waals surface area (Å²) in [5.74, 6) is 0.662. The molecule has 2 aromatic rings. The number of nitrogens with zero attached hydrogens (tertiary/aromatic N) is 2. The van der Waals surface area contributed by atoms with E-state index in [1.165, 1.54) is 0 Å². The number of benzene rings is 1. The summed E-state index contributed by atoms with van der Waals surface area (Å²) in [4.78, 5) is 4.64. The van der Waals surface area contributed by atoms with Gasteiger partial charge in [0.25, 0.3) is 0 Å². The molecule has 0 unspecified atom stereocenters. The molecule has 0 amide bonds. The van der Waals surface area contributed by atoms with Crippen molar-refractivity contribution in [2.75, 3.05) is 11.9 Å². The topological polar surface area (TPSA) is 48.7 Å². The second-order valence-electron chi connectivity index (χ2n) is 4.60. The van der Waals surface area contributed by atoms with Gasteiger partial charge in [0.15, 0.2) is 0 Å². The maximum Gasteiger partial charge on any atom is 0.144 e. The van der Waals surface area contributed by atoms with Gasteiger partial charge in [-0.2, -0.15) is 5.26 Å². The van der Waals surface area contributed by atoms with Gasteiger partial charge in [-0.05, 0) is 37.1 Å². The number of anilines is 1. The zero-order valence-electron chi connectivity index (χ0n) is 11.6. The smallest absolute Gasteiger partial charge is 0.144 e. The molecule has 1 aromatic carbocycles. The zero-order chi connectivity index (χ0) is 14.5. The van der Waals surface area contributed by atoms with Crippen LogP contribution in [0.2, 0.25) is 0 Å². The summed E-state index contributed by atoms with van der Waals surface area (Å²) < 4.78 is 1.02. The third-order valence-corrected chi connectivity index (χ3v) is 3.47. The van der Waals surface area contributed by atoms with Gasteiger partial charge >= 0.3 is 0 Å². The number of hydrogen-bond acceptors (Lipinski definition) is 3. The lowest BCUT2D eigenvalue weighted by atomic mass is 10.0. The second kappa shape index (κ2) is 6.53. The quantitative estimate of drug-likeness (QED) is 0.897. The SMILES string of the molecule is CCCNc1nc(-c2cccc(Br)c2)c(C)cc1C#N. The number of nitriles is 1. The molecular formula is C16H16BrN3. The van der Waals surface area contributed by atoms with E-state index in [9.17, 15) is 5.26 Å². The standard InChI is InChI=1S/C16H16BrN3/c1-3-7-19-16-13(10-18)8-11(2)15(20-16)12-5-4-6-14(17)9-12/h4-6,8-9H,3,7H2,1-2H3,(H,19,20). The van der Waals surface area contributed by atoms with Crippen LogP contribution in [0.4, 0.5) is 5.82 Å². The number of rotatable bonds is 4. The van der Waals surface area contributed by atoms with Gasteiger partial charge in [0.2, 0.25) is 0 Å². The molecule has 0 aliphatic carbocycles. The van der Waals surface area contributed by atoms with Crippen LogP contribution < -0.4 is 5.32 Å². The van der Waals surface area contributed by atoms with Gasteiger partial charge in [-0.15, -0.1) is 0 Å². The minimum absolute atomic E-state index is 0.592. The Labute approximate surface area is 127 Å². The van der Waals surface area contributed by atoms with Crippen molar-refractivity contribution in [3.63, 3.8) is 0 Å². The molecule has 1 aromatic heterocycles. The Kier molecular flexibility index (Phi) is 4.75. The molecular weight excluding hydrogens is 314 g/mol. The minimum Gasteiger partial charge on any atom is -0.369 e. The van der Waals surface area contributed by atoms with Crippen LogP contribution in [0, 0.1) is 18.3 Å². The molecule has 0 radical (unpaired) electrons. The van der Waals surface area contributed by atoms with Crippen LogP contribution in [0.15, 0.2) is 34.8 Å². The van der Waals surface area contributed by atoms with Crippen molar-refractivity contribution in [3.8, 4) is 17.3 Å². The number of pyridine rings is 1. The first-order valence-corrected chi connectivity index (χ1v) is 7.36. The first-order chi connectivity index (χ1) is 9.65. The molecule has 4 heteroatoms. The molecule has 0 atom stereocenters. The van der Waals surface area contributed by atoms with Crippen LogP contribution >= 0.6 is 15.9 Å². The van der Waals surface area contributed by atoms with Crippen molar-refractivity contribution >= 4 is 21.7 Å². The van der Waals surface area contributed by atoms with Gasteiger partial charge in [0.1, 0.15) is 11.9 Å². The Hall–Kier alpha value is -1.86. The highest BCUT2D eigenvalue weighted by Crippen LogP contribution is 2.27. The van der Waals surface area contributed by atoms with Gasteiger partial charge < -0.3 is 5.32 Å².